The number of nitrogens with zero attached hydrogens (tertiary/aromatic N) is 1. The first-order chi connectivity index (χ1) is 11.2. The van der Waals surface area contributed by atoms with Gasteiger partial charge in [-0.05, 0) is 30.3 Å². The predicted octanol–water partition coefficient (Wildman–Crippen LogP) is 2.35. The van der Waals surface area contributed by atoms with Gasteiger partial charge in [0.1, 0.15) is 4.90 Å². The van der Waals surface area contributed by atoms with Crippen molar-refractivity contribution in [1.29, 1.82) is 0 Å². The zero-order chi connectivity index (χ0) is 17.9. The fraction of sp³-hybridized carbons (Fsp3) is 0.0714. The second-order valence-electron chi connectivity index (χ2n) is 4.74. The molecule has 126 valence electrons. The molecule has 0 spiro atoms. The van der Waals surface area contributed by atoms with Crippen molar-refractivity contribution >= 4 is 39.1 Å². The standard InChI is InChI=1S/C14H13N3O5S2/c1-9(18)16-10-2-5-12(6-3-10)23-13-7-4-11(17(19)20)8-14(13)24(15,21)22/h2-8H,1H3,(H,16,18)(H2,15,21,22). The van der Waals surface area contributed by atoms with E-state index in [1.54, 1.807) is 24.3 Å². The van der Waals surface area contributed by atoms with Gasteiger partial charge in [-0.1, -0.05) is 11.8 Å². The number of carbonyl (C=O) groups is 1. The van der Waals surface area contributed by atoms with Crippen LogP contribution >= 0.6 is 11.8 Å². The number of sulfonamides is 1. The summed E-state index contributed by atoms with van der Waals surface area (Å²) in [5.41, 5.74) is 0.242. The number of amides is 1. The van der Waals surface area contributed by atoms with Crippen LogP contribution in [-0.4, -0.2) is 19.2 Å². The lowest BCUT2D eigenvalue weighted by Crippen LogP contribution is -2.13. The Morgan fingerprint density at radius 2 is 1.83 bits per heavy atom. The Labute approximate surface area is 142 Å². The number of nitro groups is 1. The van der Waals surface area contributed by atoms with E-state index in [1.165, 1.54) is 19.1 Å². The summed E-state index contributed by atoms with van der Waals surface area (Å²) in [6.45, 7) is 1.39. The summed E-state index contributed by atoms with van der Waals surface area (Å²) in [5.74, 6) is -0.206. The molecule has 2 aromatic carbocycles. The van der Waals surface area contributed by atoms with Crippen LogP contribution in [0.4, 0.5) is 11.4 Å². The Kier molecular flexibility index (Phi) is 5.22. The molecule has 0 atom stereocenters. The molecule has 0 fully saturated rings. The first kappa shape index (κ1) is 17.9. The van der Waals surface area contributed by atoms with Crippen molar-refractivity contribution in [3.63, 3.8) is 0 Å². The van der Waals surface area contributed by atoms with Crippen LogP contribution in [0.5, 0.6) is 0 Å². The molecule has 24 heavy (non-hydrogen) atoms. The number of benzene rings is 2. The fourth-order valence-corrected chi connectivity index (χ4v) is 3.78. The van der Waals surface area contributed by atoms with Crippen molar-refractivity contribution in [3.05, 3.63) is 52.6 Å². The van der Waals surface area contributed by atoms with E-state index in [2.05, 4.69) is 5.32 Å². The molecule has 0 aromatic heterocycles. The number of anilines is 1. The monoisotopic (exact) mass is 367 g/mol. The number of nitrogens with two attached hydrogens (primary N) is 1. The van der Waals surface area contributed by atoms with E-state index in [9.17, 15) is 23.3 Å². The van der Waals surface area contributed by atoms with Gasteiger partial charge in [-0.2, -0.15) is 0 Å². The molecule has 0 aliphatic carbocycles. The molecule has 0 aliphatic rings. The largest absolute Gasteiger partial charge is 0.326 e. The highest BCUT2D eigenvalue weighted by molar-refractivity contribution is 8.00. The smallest absolute Gasteiger partial charge is 0.270 e. The van der Waals surface area contributed by atoms with Crippen LogP contribution in [0.3, 0.4) is 0 Å². The molecule has 0 bridgehead atoms. The number of hydrogen-bond acceptors (Lipinski definition) is 6. The molecule has 0 unspecified atom stereocenters. The van der Waals surface area contributed by atoms with Crippen LogP contribution in [0.1, 0.15) is 6.92 Å². The minimum absolute atomic E-state index is 0.206. The molecule has 2 rings (SSSR count). The average molecular weight is 367 g/mol. The van der Waals surface area contributed by atoms with E-state index in [4.69, 9.17) is 5.14 Å². The highest BCUT2D eigenvalue weighted by atomic mass is 32.2. The Bertz CT molecular complexity index is 895. The van der Waals surface area contributed by atoms with Gasteiger partial charge in [0.25, 0.3) is 5.69 Å². The van der Waals surface area contributed by atoms with Gasteiger partial charge in [-0.25, -0.2) is 13.6 Å². The third-order valence-electron chi connectivity index (χ3n) is 2.85. The summed E-state index contributed by atoms with van der Waals surface area (Å²) in [6.07, 6.45) is 0. The van der Waals surface area contributed by atoms with E-state index < -0.39 is 14.9 Å². The summed E-state index contributed by atoms with van der Waals surface area (Å²) in [7, 11) is -4.12. The normalized spacial score (nSPS) is 11.1. The van der Waals surface area contributed by atoms with Gasteiger partial charge in [0.05, 0.1) is 4.92 Å². The zero-order valence-electron chi connectivity index (χ0n) is 12.4. The predicted molar refractivity (Wildman–Crippen MR) is 89.3 cm³/mol. The fourth-order valence-electron chi connectivity index (χ4n) is 1.85. The Hall–Kier alpha value is -2.43. The lowest BCUT2D eigenvalue weighted by molar-refractivity contribution is -0.385. The number of nitro benzene ring substituents is 1. The van der Waals surface area contributed by atoms with Gasteiger partial charge < -0.3 is 5.32 Å². The van der Waals surface area contributed by atoms with Gasteiger partial charge >= 0.3 is 0 Å². The minimum Gasteiger partial charge on any atom is -0.326 e. The zero-order valence-corrected chi connectivity index (χ0v) is 14.1. The lowest BCUT2D eigenvalue weighted by Gasteiger charge is -2.08. The molecule has 3 N–H and O–H groups in total. The number of primary sulfonamides is 1. The van der Waals surface area contributed by atoms with Crippen LogP contribution in [0.15, 0.2) is 57.2 Å². The molecule has 0 heterocycles. The molecule has 1 amide bonds. The van der Waals surface area contributed by atoms with Crippen LogP contribution in [-0.2, 0) is 14.8 Å². The van der Waals surface area contributed by atoms with E-state index >= 15 is 0 Å². The molecule has 8 nitrogen and oxygen atoms in total. The maximum atomic E-state index is 11.7. The van der Waals surface area contributed by atoms with Crippen molar-refractivity contribution in [1.82, 2.24) is 0 Å². The second kappa shape index (κ2) is 6.99. The maximum Gasteiger partial charge on any atom is 0.270 e. The second-order valence-corrected chi connectivity index (χ2v) is 7.39. The van der Waals surface area contributed by atoms with Crippen molar-refractivity contribution in [2.75, 3.05) is 5.32 Å². The summed E-state index contributed by atoms with van der Waals surface area (Å²) < 4.78 is 23.4. The summed E-state index contributed by atoms with van der Waals surface area (Å²) in [4.78, 5) is 21.7. The minimum atomic E-state index is -4.12. The van der Waals surface area contributed by atoms with Gasteiger partial charge in [-0.3, -0.25) is 14.9 Å². The first-order valence-corrected chi connectivity index (χ1v) is 8.90. The van der Waals surface area contributed by atoms with Crippen LogP contribution in [0, 0.1) is 10.1 Å². The molecule has 0 saturated carbocycles. The maximum absolute atomic E-state index is 11.7. The third kappa shape index (κ3) is 4.54. The Balaban J connectivity index is 2.35. The quantitative estimate of drug-likeness (QED) is 0.616. The average Bonchev–Trinajstić information content (AvgIpc) is 2.48. The molecule has 10 heteroatoms. The molecule has 0 saturated heterocycles. The van der Waals surface area contributed by atoms with Crippen LogP contribution in [0.2, 0.25) is 0 Å². The van der Waals surface area contributed by atoms with E-state index in [0.29, 0.717) is 10.6 Å². The van der Waals surface area contributed by atoms with Gasteiger partial charge in [0.2, 0.25) is 15.9 Å². The topological polar surface area (TPSA) is 132 Å². The Morgan fingerprint density at radius 1 is 1.21 bits per heavy atom. The van der Waals surface area contributed by atoms with Gasteiger partial charge in [-0.15, -0.1) is 0 Å². The number of hydrogen-bond donors (Lipinski definition) is 2. The highest BCUT2D eigenvalue weighted by Crippen LogP contribution is 2.34. The van der Waals surface area contributed by atoms with Crippen molar-refractivity contribution in [2.24, 2.45) is 5.14 Å². The van der Waals surface area contributed by atoms with E-state index in [1.807, 2.05) is 0 Å². The van der Waals surface area contributed by atoms with E-state index in [0.717, 1.165) is 17.8 Å². The van der Waals surface area contributed by atoms with Crippen molar-refractivity contribution in [3.8, 4) is 0 Å². The van der Waals surface area contributed by atoms with Crippen LogP contribution < -0.4 is 10.5 Å². The molecular formula is C14H13N3O5S2. The first-order valence-electron chi connectivity index (χ1n) is 6.53. The summed E-state index contributed by atoms with van der Waals surface area (Å²) in [5, 5.41) is 18.6. The molecular weight excluding hydrogens is 354 g/mol. The summed E-state index contributed by atoms with van der Waals surface area (Å²) in [6, 6.07) is 10.2. The Morgan fingerprint density at radius 3 is 2.33 bits per heavy atom. The van der Waals surface area contributed by atoms with E-state index in [-0.39, 0.29) is 21.4 Å². The van der Waals surface area contributed by atoms with Gasteiger partial charge in [0.15, 0.2) is 0 Å². The van der Waals surface area contributed by atoms with Crippen LogP contribution in [0.25, 0.3) is 0 Å². The number of rotatable bonds is 5. The van der Waals surface area contributed by atoms with Crippen molar-refractivity contribution < 1.29 is 18.1 Å². The number of carbonyl (C=O) groups excluding carboxylic acids is 1. The molecule has 0 aliphatic heterocycles. The highest BCUT2D eigenvalue weighted by Gasteiger charge is 2.19. The number of nitrogens with one attached hydrogen (secondary N) is 1. The SMILES string of the molecule is CC(=O)Nc1ccc(Sc2ccc([N+](=O)[O-])cc2S(N)(=O)=O)cc1. The molecule has 0 radical (unpaired) electrons. The van der Waals surface area contributed by atoms with Crippen molar-refractivity contribution in [2.45, 2.75) is 21.6 Å². The number of non-ortho nitro benzene ring substituents is 1. The third-order valence-corrected chi connectivity index (χ3v) is 5.01. The lowest BCUT2D eigenvalue weighted by atomic mass is 10.3. The summed E-state index contributed by atoms with van der Waals surface area (Å²) >= 11 is 1.09. The molecule has 2 aromatic rings. The van der Waals surface area contributed by atoms with Gasteiger partial charge in [0, 0.05) is 34.5 Å².